The lowest BCUT2D eigenvalue weighted by Crippen LogP contribution is -2.47. The molecule has 0 saturated heterocycles. The first-order valence-electron chi connectivity index (χ1n) is 5.96. The quantitative estimate of drug-likeness (QED) is 0.659. The first-order valence-corrected chi connectivity index (χ1v) is 5.96. The van der Waals surface area contributed by atoms with Crippen LogP contribution in [0, 0.1) is 5.92 Å². The first kappa shape index (κ1) is 13.9. The summed E-state index contributed by atoms with van der Waals surface area (Å²) < 4.78 is 0. The second kappa shape index (κ2) is 7.24. The molecule has 2 heteroatoms. The van der Waals surface area contributed by atoms with Gasteiger partial charge in [0, 0.05) is 24.7 Å². The zero-order valence-electron chi connectivity index (χ0n) is 10.7. The maximum absolute atomic E-state index is 3.62. The van der Waals surface area contributed by atoms with Crippen LogP contribution in [-0.2, 0) is 0 Å². The lowest BCUT2D eigenvalue weighted by atomic mass is 9.98. The van der Waals surface area contributed by atoms with E-state index in [0.717, 1.165) is 12.5 Å². The molecule has 0 rings (SSSR count). The molecule has 0 spiro atoms. The second-order valence-corrected chi connectivity index (χ2v) is 4.88. The monoisotopic (exact) mass is 200 g/mol. The number of rotatable bonds is 7. The Labute approximate surface area is 89.9 Å². The zero-order chi connectivity index (χ0) is 11.1. The van der Waals surface area contributed by atoms with Crippen molar-refractivity contribution in [2.45, 2.75) is 66.1 Å². The van der Waals surface area contributed by atoms with E-state index in [1.54, 1.807) is 0 Å². The van der Waals surface area contributed by atoms with Gasteiger partial charge < -0.3 is 10.6 Å². The highest BCUT2D eigenvalue weighted by molar-refractivity contribution is 4.77. The van der Waals surface area contributed by atoms with Gasteiger partial charge in [-0.3, -0.25) is 0 Å². The van der Waals surface area contributed by atoms with Gasteiger partial charge in [-0.15, -0.1) is 0 Å². The Morgan fingerprint density at radius 3 is 1.86 bits per heavy atom. The molecule has 0 aromatic heterocycles. The Hall–Kier alpha value is -0.0800. The molecular weight excluding hydrogens is 172 g/mol. The normalized spacial score (nSPS) is 16.3. The van der Waals surface area contributed by atoms with Crippen LogP contribution >= 0.6 is 0 Å². The minimum atomic E-state index is 0.572. The van der Waals surface area contributed by atoms with Crippen molar-refractivity contribution in [3.05, 3.63) is 0 Å². The first-order chi connectivity index (χ1) is 6.47. The van der Waals surface area contributed by atoms with E-state index in [2.05, 4.69) is 52.2 Å². The van der Waals surface area contributed by atoms with E-state index < -0.39 is 0 Å². The highest BCUT2D eigenvalue weighted by atomic mass is 15.0. The summed E-state index contributed by atoms with van der Waals surface area (Å²) in [5.74, 6) is 0.739. The summed E-state index contributed by atoms with van der Waals surface area (Å²) in [5.41, 5.74) is 0. The van der Waals surface area contributed by atoms with Gasteiger partial charge in [-0.2, -0.15) is 0 Å². The summed E-state index contributed by atoms with van der Waals surface area (Å²) in [5, 5.41) is 7.13. The fourth-order valence-corrected chi connectivity index (χ4v) is 1.50. The van der Waals surface area contributed by atoms with Crippen LogP contribution in [0.5, 0.6) is 0 Å². The third-order valence-corrected chi connectivity index (χ3v) is 2.62. The maximum atomic E-state index is 3.62. The fraction of sp³-hybridized carbons (Fsp3) is 1.00. The van der Waals surface area contributed by atoms with Crippen molar-refractivity contribution < 1.29 is 0 Å². The van der Waals surface area contributed by atoms with Gasteiger partial charge in [0.25, 0.3) is 0 Å². The van der Waals surface area contributed by atoms with Crippen molar-refractivity contribution in [3.63, 3.8) is 0 Å². The van der Waals surface area contributed by atoms with E-state index in [-0.39, 0.29) is 0 Å². The molecule has 2 atom stereocenters. The van der Waals surface area contributed by atoms with E-state index in [1.807, 2.05) is 0 Å². The Balaban J connectivity index is 3.97. The molecule has 2 nitrogen and oxygen atoms in total. The third-order valence-electron chi connectivity index (χ3n) is 2.62. The SMILES string of the molecule is CCC(C)C(CNC(C)C)NC(C)C. The average Bonchev–Trinajstić information content (AvgIpc) is 2.10. The molecule has 0 fully saturated rings. The molecule has 0 aromatic rings. The van der Waals surface area contributed by atoms with Crippen LogP contribution in [0.15, 0.2) is 0 Å². The second-order valence-electron chi connectivity index (χ2n) is 4.88. The molecule has 2 unspecified atom stereocenters. The number of hydrogen-bond acceptors (Lipinski definition) is 2. The minimum absolute atomic E-state index is 0.572. The van der Waals surface area contributed by atoms with Crippen molar-refractivity contribution in [2.75, 3.05) is 6.54 Å². The van der Waals surface area contributed by atoms with E-state index in [9.17, 15) is 0 Å². The van der Waals surface area contributed by atoms with Crippen LogP contribution in [0.3, 0.4) is 0 Å². The van der Waals surface area contributed by atoms with Crippen LogP contribution in [0.25, 0.3) is 0 Å². The summed E-state index contributed by atoms with van der Waals surface area (Å²) in [4.78, 5) is 0. The van der Waals surface area contributed by atoms with Gasteiger partial charge in [-0.25, -0.2) is 0 Å². The molecule has 2 N–H and O–H groups in total. The molecule has 86 valence electrons. The summed E-state index contributed by atoms with van der Waals surface area (Å²) in [7, 11) is 0. The van der Waals surface area contributed by atoms with Gasteiger partial charge in [0.05, 0.1) is 0 Å². The predicted molar refractivity (Wildman–Crippen MR) is 64.7 cm³/mol. The third kappa shape index (κ3) is 6.39. The van der Waals surface area contributed by atoms with Crippen LogP contribution < -0.4 is 10.6 Å². The molecule has 0 bridgehead atoms. The van der Waals surface area contributed by atoms with E-state index in [0.29, 0.717) is 18.1 Å². The highest BCUT2D eigenvalue weighted by Gasteiger charge is 2.16. The Morgan fingerprint density at radius 1 is 0.929 bits per heavy atom. The van der Waals surface area contributed by atoms with Crippen molar-refractivity contribution in [2.24, 2.45) is 5.92 Å². The molecule has 0 aliphatic heterocycles. The van der Waals surface area contributed by atoms with Crippen LogP contribution in [0.2, 0.25) is 0 Å². The lowest BCUT2D eigenvalue weighted by molar-refractivity contribution is 0.323. The van der Waals surface area contributed by atoms with Gasteiger partial charge in [0.2, 0.25) is 0 Å². The molecule has 0 aliphatic carbocycles. The van der Waals surface area contributed by atoms with E-state index in [1.165, 1.54) is 6.42 Å². The summed E-state index contributed by atoms with van der Waals surface area (Å²) >= 11 is 0. The standard InChI is InChI=1S/C12H28N2/c1-7-11(6)12(14-10(4)5)8-13-9(2)3/h9-14H,7-8H2,1-6H3. The van der Waals surface area contributed by atoms with Gasteiger partial charge in [-0.05, 0) is 5.92 Å². The molecule has 14 heavy (non-hydrogen) atoms. The van der Waals surface area contributed by atoms with Gasteiger partial charge in [0.15, 0.2) is 0 Å². The number of hydrogen-bond donors (Lipinski definition) is 2. The van der Waals surface area contributed by atoms with E-state index >= 15 is 0 Å². The van der Waals surface area contributed by atoms with Gasteiger partial charge in [0.1, 0.15) is 0 Å². The van der Waals surface area contributed by atoms with Crippen LogP contribution in [0.4, 0.5) is 0 Å². The fourth-order valence-electron chi connectivity index (χ4n) is 1.50. The van der Waals surface area contributed by atoms with Crippen LogP contribution in [-0.4, -0.2) is 24.7 Å². The van der Waals surface area contributed by atoms with Crippen molar-refractivity contribution in [3.8, 4) is 0 Å². The minimum Gasteiger partial charge on any atom is -0.313 e. The molecule has 0 aromatic carbocycles. The Kier molecular flexibility index (Phi) is 7.20. The van der Waals surface area contributed by atoms with Gasteiger partial charge in [-0.1, -0.05) is 48.0 Å². The molecule has 0 saturated carbocycles. The highest BCUT2D eigenvalue weighted by Crippen LogP contribution is 2.07. The lowest BCUT2D eigenvalue weighted by Gasteiger charge is -2.27. The summed E-state index contributed by atoms with van der Waals surface area (Å²) in [6.45, 7) is 14.5. The smallest absolute Gasteiger partial charge is 0.0220 e. The maximum Gasteiger partial charge on any atom is 0.0220 e. The van der Waals surface area contributed by atoms with Crippen molar-refractivity contribution in [1.29, 1.82) is 0 Å². The van der Waals surface area contributed by atoms with Crippen molar-refractivity contribution in [1.82, 2.24) is 10.6 Å². The topological polar surface area (TPSA) is 24.1 Å². The van der Waals surface area contributed by atoms with Gasteiger partial charge >= 0.3 is 0 Å². The molecular formula is C12H28N2. The molecule has 0 radical (unpaired) electrons. The molecule has 0 heterocycles. The zero-order valence-corrected chi connectivity index (χ0v) is 10.7. The predicted octanol–water partition coefficient (Wildman–Crippen LogP) is 2.40. The Bertz CT molecular complexity index is 132. The largest absolute Gasteiger partial charge is 0.313 e. The number of nitrogens with one attached hydrogen (secondary N) is 2. The van der Waals surface area contributed by atoms with Crippen LogP contribution in [0.1, 0.15) is 48.0 Å². The summed E-state index contributed by atoms with van der Waals surface area (Å²) in [6.07, 6.45) is 1.24. The van der Waals surface area contributed by atoms with E-state index in [4.69, 9.17) is 0 Å². The molecule has 0 aliphatic rings. The average molecular weight is 200 g/mol. The molecule has 0 amide bonds. The van der Waals surface area contributed by atoms with Crippen molar-refractivity contribution >= 4 is 0 Å². The Morgan fingerprint density at radius 2 is 1.50 bits per heavy atom. The summed E-state index contributed by atoms with van der Waals surface area (Å²) in [6, 6.07) is 1.75.